The van der Waals surface area contributed by atoms with Crippen molar-refractivity contribution in [2.75, 3.05) is 7.11 Å². The largest absolute Gasteiger partial charge is 0.465 e. The van der Waals surface area contributed by atoms with Gasteiger partial charge in [0, 0.05) is 17.6 Å². The number of rotatable bonds is 3. The number of aromatic nitrogens is 1. The minimum Gasteiger partial charge on any atom is -0.465 e. The van der Waals surface area contributed by atoms with Gasteiger partial charge in [-0.3, -0.25) is 0 Å². The fourth-order valence-corrected chi connectivity index (χ4v) is 2.01. The van der Waals surface area contributed by atoms with E-state index in [0.717, 1.165) is 22.9 Å². The van der Waals surface area contributed by atoms with E-state index in [1.54, 1.807) is 6.07 Å². The molecule has 4 heteroatoms. The number of ether oxygens (including phenoxy) is 1. The van der Waals surface area contributed by atoms with Crippen molar-refractivity contribution in [3.05, 3.63) is 35.5 Å². The number of H-pyrrole nitrogens is 1. The topological polar surface area (TPSA) is 68.1 Å². The molecule has 0 amide bonds. The summed E-state index contributed by atoms with van der Waals surface area (Å²) in [6.07, 6.45) is 2.69. The van der Waals surface area contributed by atoms with Gasteiger partial charge in [0.2, 0.25) is 0 Å². The normalized spacial score (nSPS) is 12.6. The fourth-order valence-electron chi connectivity index (χ4n) is 2.01. The molecule has 3 N–H and O–H groups in total. The minimum atomic E-state index is -0.329. The molecular weight excluding hydrogens is 216 g/mol. The van der Waals surface area contributed by atoms with E-state index in [9.17, 15) is 4.79 Å². The third-order valence-electron chi connectivity index (χ3n) is 2.75. The molecule has 0 aliphatic heterocycles. The van der Waals surface area contributed by atoms with E-state index in [0.29, 0.717) is 5.56 Å². The Labute approximate surface area is 99.8 Å². The standard InChI is InChI=1S/C13H16N2O2/c1-8(14)6-9-7-15-12-10(9)4-3-5-11(12)13(16)17-2/h3-5,7-8,15H,6,14H2,1-2H3/t8-/m1/s1. The lowest BCUT2D eigenvalue weighted by atomic mass is 10.0. The number of para-hydroxylation sites is 1. The number of methoxy groups -OCH3 is 1. The lowest BCUT2D eigenvalue weighted by molar-refractivity contribution is 0.0603. The molecule has 1 aromatic heterocycles. The molecule has 1 heterocycles. The summed E-state index contributed by atoms with van der Waals surface area (Å²) in [4.78, 5) is 14.7. The van der Waals surface area contributed by atoms with Gasteiger partial charge in [-0.2, -0.15) is 0 Å². The van der Waals surface area contributed by atoms with Gasteiger partial charge in [-0.15, -0.1) is 0 Å². The Morgan fingerprint density at radius 1 is 1.53 bits per heavy atom. The molecule has 0 aliphatic rings. The first-order valence-electron chi connectivity index (χ1n) is 5.56. The molecule has 17 heavy (non-hydrogen) atoms. The maximum atomic E-state index is 11.6. The second kappa shape index (κ2) is 4.59. The van der Waals surface area contributed by atoms with Crippen molar-refractivity contribution in [1.82, 2.24) is 4.98 Å². The van der Waals surface area contributed by atoms with Gasteiger partial charge in [0.1, 0.15) is 0 Å². The van der Waals surface area contributed by atoms with Crippen molar-refractivity contribution in [2.45, 2.75) is 19.4 Å². The zero-order chi connectivity index (χ0) is 12.4. The van der Waals surface area contributed by atoms with Crippen LogP contribution in [0.15, 0.2) is 24.4 Å². The maximum Gasteiger partial charge on any atom is 0.339 e. The van der Waals surface area contributed by atoms with E-state index in [1.165, 1.54) is 7.11 Å². The minimum absolute atomic E-state index is 0.0933. The Kier molecular flexibility index (Phi) is 3.15. The van der Waals surface area contributed by atoms with Crippen LogP contribution in [0, 0.1) is 0 Å². The van der Waals surface area contributed by atoms with E-state index in [-0.39, 0.29) is 12.0 Å². The molecule has 1 aromatic carbocycles. The van der Waals surface area contributed by atoms with E-state index in [4.69, 9.17) is 10.5 Å². The van der Waals surface area contributed by atoms with Crippen LogP contribution in [0.25, 0.3) is 10.9 Å². The van der Waals surface area contributed by atoms with Crippen LogP contribution in [0.1, 0.15) is 22.8 Å². The molecular formula is C13H16N2O2. The van der Waals surface area contributed by atoms with Gasteiger partial charge in [-0.05, 0) is 25.0 Å². The molecule has 4 nitrogen and oxygen atoms in total. The predicted molar refractivity (Wildman–Crippen MR) is 67.0 cm³/mol. The van der Waals surface area contributed by atoms with Crippen LogP contribution in [0.4, 0.5) is 0 Å². The zero-order valence-electron chi connectivity index (χ0n) is 9.99. The number of fused-ring (bicyclic) bond motifs is 1. The quantitative estimate of drug-likeness (QED) is 0.793. The number of nitrogens with one attached hydrogen (secondary N) is 1. The third-order valence-corrected chi connectivity index (χ3v) is 2.75. The summed E-state index contributed by atoms with van der Waals surface area (Å²) < 4.78 is 4.75. The Hall–Kier alpha value is -1.81. The summed E-state index contributed by atoms with van der Waals surface area (Å²) in [5.41, 5.74) is 8.29. The Morgan fingerprint density at radius 3 is 2.94 bits per heavy atom. The van der Waals surface area contributed by atoms with Gasteiger partial charge in [0.15, 0.2) is 0 Å². The zero-order valence-corrected chi connectivity index (χ0v) is 9.99. The highest BCUT2D eigenvalue weighted by atomic mass is 16.5. The molecule has 0 unspecified atom stereocenters. The Bertz CT molecular complexity index is 543. The highest BCUT2D eigenvalue weighted by Gasteiger charge is 2.13. The molecule has 2 aromatic rings. The van der Waals surface area contributed by atoms with Crippen molar-refractivity contribution >= 4 is 16.9 Å². The summed E-state index contributed by atoms with van der Waals surface area (Å²) in [6, 6.07) is 5.68. The Balaban J connectivity index is 2.52. The number of esters is 1. The second-order valence-corrected chi connectivity index (χ2v) is 4.22. The van der Waals surface area contributed by atoms with E-state index < -0.39 is 0 Å². The van der Waals surface area contributed by atoms with Crippen molar-refractivity contribution in [3.8, 4) is 0 Å². The van der Waals surface area contributed by atoms with Crippen LogP contribution in [0.3, 0.4) is 0 Å². The number of hydrogen-bond acceptors (Lipinski definition) is 3. The van der Waals surface area contributed by atoms with Gasteiger partial charge in [0.25, 0.3) is 0 Å². The third kappa shape index (κ3) is 2.17. The second-order valence-electron chi connectivity index (χ2n) is 4.22. The van der Waals surface area contributed by atoms with Crippen LogP contribution in [-0.4, -0.2) is 24.1 Å². The monoisotopic (exact) mass is 232 g/mol. The van der Waals surface area contributed by atoms with Gasteiger partial charge in [-0.1, -0.05) is 12.1 Å². The molecule has 1 atom stereocenters. The molecule has 0 saturated carbocycles. The summed E-state index contributed by atoms with van der Waals surface area (Å²) in [6.45, 7) is 1.96. The predicted octanol–water partition coefficient (Wildman–Crippen LogP) is 1.84. The summed E-state index contributed by atoms with van der Waals surface area (Å²) >= 11 is 0. The lowest BCUT2D eigenvalue weighted by Crippen LogP contribution is -2.17. The molecule has 0 saturated heterocycles. The molecule has 2 rings (SSSR count). The summed E-state index contributed by atoms with van der Waals surface area (Å²) in [5, 5.41) is 1.03. The van der Waals surface area contributed by atoms with Crippen molar-refractivity contribution in [2.24, 2.45) is 5.73 Å². The van der Waals surface area contributed by atoms with Crippen molar-refractivity contribution in [3.63, 3.8) is 0 Å². The van der Waals surface area contributed by atoms with Crippen molar-refractivity contribution in [1.29, 1.82) is 0 Å². The average molecular weight is 232 g/mol. The average Bonchev–Trinajstić information content (AvgIpc) is 2.71. The molecule has 90 valence electrons. The molecule has 0 radical (unpaired) electrons. The van der Waals surface area contributed by atoms with Gasteiger partial charge in [-0.25, -0.2) is 4.79 Å². The number of hydrogen-bond donors (Lipinski definition) is 2. The fraction of sp³-hybridized carbons (Fsp3) is 0.308. The molecule has 0 fully saturated rings. The van der Waals surface area contributed by atoms with Crippen molar-refractivity contribution < 1.29 is 9.53 Å². The molecule has 0 bridgehead atoms. The lowest BCUT2D eigenvalue weighted by Gasteiger charge is -2.04. The van der Waals surface area contributed by atoms with E-state index in [2.05, 4.69) is 4.98 Å². The number of carbonyl (C=O) groups excluding carboxylic acids is 1. The van der Waals surface area contributed by atoms with Gasteiger partial charge in [0.05, 0.1) is 18.2 Å². The number of carbonyl (C=O) groups is 1. The van der Waals surface area contributed by atoms with Crippen LogP contribution in [-0.2, 0) is 11.2 Å². The number of benzene rings is 1. The van der Waals surface area contributed by atoms with Crippen LogP contribution >= 0.6 is 0 Å². The highest BCUT2D eigenvalue weighted by molar-refractivity contribution is 6.03. The highest BCUT2D eigenvalue weighted by Crippen LogP contribution is 2.23. The summed E-state index contributed by atoms with van der Waals surface area (Å²) in [7, 11) is 1.38. The van der Waals surface area contributed by atoms with E-state index in [1.807, 2.05) is 25.3 Å². The number of aromatic amines is 1. The smallest absolute Gasteiger partial charge is 0.339 e. The SMILES string of the molecule is COC(=O)c1cccc2c(C[C@@H](C)N)c[nH]c12. The van der Waals surface area contributed by atoms with Crippen LogP contribution < -0.4 is 5.73 Å². The van der Waals surface area contributed by atoms with Gasteiger partial charge < -0.3 is 15.5 Å². The van der Waals surface area contributed by atoms with Gasteiger partial charge >= 0.3 is 5.97 Å². The Morgan fingerprint density at radius 2 is 2.29 bits per heavy atom. The summed E-state index contributed by atoms with van der Waals surface area (Å²) in [5.74, 6) is -0.329. The first kappa shape index (κ1) is 11.7. The van der Waals surface area contributed by atoms with Crippen LogP contribution in [0.2, 0.25) is 0 Å². The number of nitrogens with two attached hydrogens (primary N) is 1. The van der Waals surface area contributed by atoms with Crippen LogP contribution in [0.5, 0.6) is 0 Å². The molecule has 0 aliphatic carbocycles. The van der Waals surface area contributed by atoms with E-state index >= 15 is 0 Å². The maximum absolute atomic E-state index is 11.6. The first-order chi connectivity index (χ1) is 8.13. The molecule has 0 spiro atoms. The first-order valence-corrected chi connectivity index (χ1v) is 5.56.